The van der Waals surface area contributed by atoms with E-state index < -0.39 is 0 Å². The molecule has 0 unspecified atom stereocenters. The van der Waals surface area contributed by atoms with Gasteiger partial charge in [0.15, 0.2) is 0 Å². The molecule has 0 aliphatic rings. The number of rotatable bonds is 4. The van der Waals surface area contributed by atoms with Crippen molar-refractivity contribution in [2.45, 2.75) is 20.3 Å². The monoisotopic (exact) mass is 275 g/mol. The Morgan fingerprint density at radius 2 is 1.68 bits per heavy atom. The van der Waals surface area contributed by atoms with Crippen LogP contribution in [0.2, 0.25) is 5.02 Å². The van der Waals surface area contributed by atoms with Crippen LogP contribution in [0.4, 0.5) is 0 Å². The fourth-order valence-corrected chi connectivity index (χ4v) is 2.34. The van der Waals surface area contributed by atoms with Crippen molar-refractivity contribution < 1.29 is 4.74 Å². The number of benzene rings is 2. The molecule has 0 amide bonds. The number of halogens is 1. The van der Waals surface area contributed by atoms with Crippen molar-refractivity contribution in [1.82, 2.24) is 0 Å². The van der Waals surface area contributed by atoms with Crippen LogP contribution in [0.1, 0.15) is 16.7 Å². The summed E-state index contributed by atoms with van der Waals surface area (Å²) in [5.41, 5.74) is 8.95. The Balaban J connectivity index is 2.21. The summed E-state index contributed by atoms with van der Waals surface area (Å²) in [5.74, 6) is 1.58. The Morgan fingerprint density at radius 3 is 2.26 bits per heavy atom. The van der Waals surface area contributed by atoms with Crippen LogP contribution in [0.5, 0.6) is 11.5 Å². The van der Waals surface area contributed by atoms with Crippen molar-refractivity contribution in [2.24, 2.45) is 5.73 Å². The van der Waals surface area contributed by atoms with Gasteiger partial charge in [0.25, 0.3) is 0 Å². The standard InChI is InChI=1S/C16H18ClNO/c1-11-7-12(2)9-15(8-11)19-14-4-3-13(5-6-18)16(17)10-14/h3-4,7-10H,5-6,18H2,1-2H3. The molecule has 2 aromatic carbocycles. The quantitative estimate of drug-likeness (QED) is 0.905. The average molecular weight is 276 g/mol. The van der Waals surface area contributed by atoms with Crippen LogP contribution in [-0.2, 0) is 6.42 Å². The molecule has 0 fully saturated rings. The maximum Gasteiger partial charge on any atom is 0.128 e. The Labute approximate surface area is 119 Å². The molecule has 3 heteroatoms. The van der Waals surface area contributed by atoms with Crippen LogP contribution in [0.15, 0.2) is 36.4 Å². The van der Waals surface area contributed by atoms with Crippen LogP contribution < -0.4 is 10.5 Å². The summed E-state index contributed by atoms with van der Waals surface area (Å²) in [6, 6.07) is 11.9. The molecule has 0 aliphatic carbocycles. The van der Waals surface area contributed by atoms with E-state index in [9.17, 15) is 0 Å². The van der Waals surface area contributed by atoms with E-state index in [0.29, 0.717) is 11.6 Å². The van der Waals surface area contributed by atoms with Gasteiger partial charge in [0, 0.05) is 5.02 Å². The Bertz CT molecular complexity index is 561. The minimum Gasteiger partial charge on any atom is -0.457 e. The highest BCUT2D eigenvalue weighted by Gasteiger charge is 2.04. The molecule has 0 saturated carbocycles. The van der Waals surface area contributed by atoms with Gasteiger partial charge in [0.1, 0.15) is 11.5 Å². The number of ether oxygens (including phenoxy) is 1. The van der Waals surface area contributed by atoms with Crippen molar-refractivity contribution >= 4 is 11.6 Å². The Hall–Kier alpha value is -1.51. The van der Waals surface area contributed by atoms with Crippen LogP contribution in [0.25, 0.3) is 0 Å². The molecule has 2 rings (SSSR count). The van der Waals surface area contributed by atoms with Crippen LogP contribution in [0, 0.1) is 13.8 Å². The third kappa shape index (κ3) is 3.72. The lowest BCUT2D eigenvalue weighted by atomic mass is 10.1. The lowest BCUT2D eigenvalue weighted by molar-refractivity contribution is 0.481. The van der Waals surface area contributed by atoms with E-state index in [1.54, 1.807) is 0 Å². The van der Waals surface area contributed by atoms with E-state index in [1.807, 2.05) is 30.3 Å². The number of aryl methyl sites for hydroxylation is 2. The minimum atomic E-state index is 0.594. The first-order chi connectivity index (χ1) is 9.08. The van der Waals surface area contributed by atoms with Gasteiger partial charge in [-0.05, 0) is 67.8 Å². The summed E-state index contributed by atoms with van der Waals surface area (Å²) in [7, 11) is 0. The van der Waals surface area contributed by atoms with Crippen LogP contribution in [-0.4, -0.2) is 6.54 Å². The fraction of sp³-hybridized carbons (Fsp3) is 0.250. The second-order valence-corrected chi connectivity index (χ2v) is 5.12. The molecule has 2 nitrogen and oxygen atoms in total. The van der Waals surface area contributed by atoms with Crippen molar-refractivity contribution in [3.8, 4) is 11.5 Å². The van der Waals surface area contributed by atoms with Gasteiger partial charge < -0.3 is 10.5 Å². The Kier molecular flexibility index (Phi) is 4.46. The second-order valence-electron chi connectivity index (χ2n) is 4.72. The van der Waals surface area contributed by atoms with Gasteiger partial charge in [-0.1, -0.05) is 23.7 Å². The third-order valence-corrected chi connectivity index (χ3v) is 3.22. The molecule has 0 aliphatic heterocycles. The van der Waals surface area contributed by atoms with Crippen molar-refractivity contribution in [2.75, 3.05) is 6.54 Å². The average Bonchev–Trinajstić information content (AvgIpc) is 2.31. The van der Waals surface area contributed by atoms with Gasteiger partial charge in [-0.15, -0.1) is 0 Å². The first-order valence-electron chi connectivity index (χ1n) is 6.33. The lowest BCUT2D eigenvalue weighted by Crippen LogP contribution is -2.03. The van der Waals surface area contributed by atoms with Crippen LogP contribution in [0.3, 0.4) is 0 Å². The topological polar surface area (TPSA) is 35.2 Å². The van der Waals surface area contributed by atoms with E-state index >= 15 is 0 Å². The molecule has 0 saturated heterocycles. The van der Waals surface area contributed by atoms with Gasteiger partial charge in [-0.3, -0.25) is 0 Å². The van der Waals surface area contributed by atoms with Gasteiger partial charge in [-0.25, -0.2) is 0 Å². The second kappa shape index (κ2) is 6.09. The number of hydrogen-bond donors (Lipinski definition) is 1. The molecule has 0 aromatic heterocycles. The fourth-order valence-electron chi connectivity index (χ4n) is 2.08. The maximum atomic E-state index is 6.20. The third-order valence-electron chi connectivity index (χ3n) is 2.87. The largest absolute Gasteiger partial charge is 0.457 e. The molecule has 0 heterocycles. The summed E-state index contributed by atoms with van der Waals surface area (Å²) in [4.78, 5) is 0. The van der Waals surface area contributed by atoms with Gasteiger partial charge in [0.2, 0.25) is 0 Å². The van der Waals surface area contributed by atoms with Crippen molar-refractivity contribution in [3.05, 3.63) is 58.1 Å². The molecule has 2 N–H and O–H groups in total. The SMILES string of the molecule is Cc1cc(C)cc(Oc2ccc(CCN)c(Cl)c2)c1. The summed E-state index contributed by atoms with van der Waals surface area (Å²) in [5, 5.41) is 0.701. The zero-order valence-electron chi connectivity index (χ0n) is 11.2. The first kappa shape index (κ1) is 13.9. The van der Waals surface area contributed by atoms with Gasteiger partial charge >= 0.3 is 0 Å². The lowest BCUT2D eigenvalue weighted by Gasteiger charge is -2.10. The molecule has 100 valence electrons. The zero-order valence-corrected chi connectivity index (χ0v) is 12.0. The zero-order chi connectivity index (χ0) is 13.8. The predicted octanol–water partition coefficient (Wildman–Crippen LogP) is 4.25. The summed E-state index contributed by atoms with van der Waals surface area (Å²) >= 11 is 6.20. The molecule has 19 heavy (non-hydrogen) atoms. The summed E-state index contributed by atoms with van der Waals surface area (Å²) in [6.45, 7) is 4.70. The molecular formula is C16H18ClNO. The molecule has 0 atom stereocenters. The van der Waals surface area contributed by atoms with Crippen molar-refractivity contribution in [3.63, 3.8) is 0 Å². The van der Waals surface area contributed by atoms with Gasteiger partial charge in [0.05, 0.1) is 0 Å². The van der Waals surface area contributed by atoms with E-state index in [4.69, 9.17) is 22.1 Å². The smallest absolute Gasteiger partial charge is 0.128 e. The highest BCUT2D eigenvalue weighted by Crippen LogP contribution is 2.28. The van der Waals surface area contributed by atoms with E-state index in [-0.39, 0.29) is 0 Å². The molecule has 0 bridgehead atoms. The van der Waals surface area contributed by atoms with Gasteiger partial charge in [-0.2, -0.15) is 0 Å². The maximum absolute atomic E-state index is 6.20. The normalized spacial score (nSPS) is 10.5. The molecule has 2 aromatic rings. The highest BCUT2D eigenvalue weighted by molar-refractivity contribution is 6.31. The predicted molar refractivity (Wildman–Crippen MR) is 80.2 cm³/mol. The minimum absolute atomic E-state index is 0.594. The van der Waals surface area contributed by atoms with E-state index in [1.165, 1.54) is 11.1 Å². The summed E-state index contributed by atoms with van der Waals surface area (Å²) < 4.78 is 5.84. The van der Waals surface area contributed by atoms with E-state index in [2.05, 4.69) is 19.9 Å². The van der Waals surface area contributed by atoms with Crippen molar-refractivity contribution in [1.29, 1.82) is 0 Å². The first-order valence-corrected chi connectivity index (χ1v) is 6.71. The Morgan fingerprint density at radius 1 is 1.00 bits per heavy atom. The van der Waals surface area contributed by atoms with Crippen LogP contribution >= 0.6 is 11.6 Å². The molecule has 0 radical (unpaired) electrons. The number of hydrogen-bond acceptors (Lipinski definition) is 2. The molecular weight excluding hydrogens is 258 g/mol. The summed E-state index contributed by atoms with van der Waals surface area (Å²) in [6.07, 6.45) is 0.780. The number of nitrogens with two attached hydrogens (primary N) is 1. The van der Waals surface area contributed by atoms with E-state index in [0.717, 1.165) is 23.5 Å². The molecule has 0 spiro atoms. The highest BCUT2D eigenvalue weighted by atomic mass is 35.5.